The van der Waals surface area contributed by atoms with Crippen LogP contribution in [-0.4, -0.2) is 29.7 Å². The normalized spacial score (nSPS) is 11.3. The monoisotopic (exact) mass is 519 g/mol. The van der Waals surface area contributed by atoms with E-state index in [9.17, 15) is 4.39 Å². The van der Waals surface area contributed by atoms with Gasteiger partial charge in [0.2, 0.25) is 0 Å². The fourth-order valence-electron chi connectivity index (χ4n) is 3.20. The summed E-state index contributed by atoms with van der Waals surface area (Å²) in [6, 6.07) is 16.5. The fourth-order valence-corrected chi connectivity index (χ4v) is 3.20. The quantitative estimate of drug-likeness (QED) is 0.199. The number of rotatable bonds is 6. The fraction of sp³-hybridized carbons (Fsp3) is 0.182. The first-order chi connectivity index (χ1) is 14.2. The summed E-state index contributed by atoms with van der Waals surface area (Å²) >= 11 is 0. The summed E-state index contributed by atoms with van der Waals surface area (Å²) in [4.78, 5) is 7.40. The molecule has 0 saturated carbocycles. The lowest BCUT2D eigenvalue weighted by Crippen LogP contribution is -2.37. The molecule has 3 N–H and O–H groups in total. The van der Waals surface area contributed by atoms with Gasteiger partial charge in [0.1, 0.15) is 11.5 Å². The number of hydrogen-bond donors (Lipinski definition) is 3. The van der Waals surface area contributed by atoms with Crippen LogP contribution >= 0.6 is 24.0 Å². The van der Waals surface area contributed by atoms with Crippen LogP contribution < -0.4 is 10.6 Å². The second-order valence-corrected chi connectivity index (χ2v) is 6.65. The zero-order valence-corrected chi connectivity index (χ0v) is 18.8. The average Bonchev–Trinajstić information content (AvgIpc) is 3.38. The van der Waals surface area contributed by atoms with Crippen molar-refractivity contribution in [1.29, 1.82) is 0 Å². The van der Waals surface area contributed by atoms with Crippen molar-refractivity contribution in [2.45, 2.75) is 13.0 Å². The van der Waals surface area contributed by atoms with E-state index in [1.54, 1.807) is 19.2 Å². The predicted molar refractivity (Wildman–Crippen MR) is 128 cm³/mol. The summed E-state index contributed by atoms with van der Waals surface area (Å²) in [6.07, 6.45) is 2.66. The first kappa shape index (κ1) is 21.8. The van der Waals surface area contributed by atoms with E-state index in [-0.39, 0.29) is 29.8 Å². The molecule has 0 bridgehead atoms. The summed E-state index contributed by atoms with van der Waals surface area (Å²) < 4.78 is 18.9. The van der Waals surface area contributed by atoms with Gasteiger partial charge in [-0.15, -0.1) is 24.0 Å². The molecule has 8 heteroatoms. The Bertz CT molecular complexity index is 1120. The van der Waals surface area contributed by atoms with Crippen LogP contribution in [0.3, 0.4) is 0 Å². The maximum absolute atomic E-state index is 13.5. The molecule has 156 valence electrons. The van der Waals surface area contributed by atoms with Crippen LogP contribution in [0.1, 0.15) is 11.3 Å². The van der Waals surface area contributed by atoms with Crippen LogP contribution in [0.4, 0.5) is 4.39 Å². The van der Waals surface area contributed by atoms with Crippen molar-refractivity contribution in [3.8, 4) is 11.3 Å². The third kappa shape index (κ3) is 5.18. The van der Waals surface area contributed by atoms with E-state index in [0.29, 0.717) is 19.0 Å². The topological polar surface area (TPSA) is 78.2 Å². The molecule has 2 heterocycles. The highest BCUT2D eigenvalue weighted by Crippen LogP contribution is 2.20. The van der Waals surface area contributed by atoms with Crippen LogP contribution in [0.15, 0.2) is 70.3 Å². The summed E-state index contributed by atoms with van der Waals surface area (Å²) in [5.41, 5.74) is 3.78. The Morgan fingerprint density at radius 3 is 2.77 bits per heavy atom. The van der Waals surface area contributed by atoms with Crippen LogP contribution in [0.2, 0.25) is 0 Å². The molecule has 2 aromatic carbocycles. The first-order valence-electron chi connectivity index (χ1n) is 9.44. The molecule has 0 unspecified atom stereocenters. The van der Waals surface area contributed by atoms with E-state index in [2.05, 4.69) is 25.8 Å². The van der Waals surface area contributed by atoms with Gasteiger partial charge >= 0.3 is 0 Å². The van der Waals surface area contributed by atoms with E-state index >= 15 is 0 Å². The third-order valence-electron chi connectivity index (χ3n) is 4.69. The van der Waals surface area contributed by atoms with Crippen molar-refractivity contribution < 1.29 is 8.91 Å². The summed E-state index contributed by atoms with van der Waals surface area (Å²) in [6.45, 7) is 1.16. The number of aromatic amines is 1. The summed E-state index contributed by atoms with van der Waals surface area (Å²) in [7, 11) is 1.72. The van der Waals surface area contributed by atoms with E-state index in [0.717, 1.165) is 39.9 Å². The number of aromatic nitrogens is 2. The van der Waals surface area contributed by atoms with Gasteiger partial charge in [0, 0.05) is 42.3 Å². The minimum absolute atomic E-state index is 0. The number of hydrogen-bond acceptors (Lipinski definition) is 3. The van der Waals surface area contributed by atoms with Gasteiger partial charge in [-0.05, 0) is 30.2 Å². The van der Waals surface area contributed by atoms with E-state index in [1.165, 1.54) is 6.07 Å². The standard InChI is InChI=1S/C22H22FN5O.HI/c1-24-22(25-10-9-16-13-26-20-8-7-17(23)11-19(16)20)27-14-18-12-21(29-28-18)15-5-3-2-4-6-15;/h2-8,11-13,26H,9-10,14H2,1H3,(H2,24,25,27);1H. The van der Waals surface area contributed by atoms with Gasteiger partial charge in [0.25, 0.3) is 0 Å². The number of benzene rings is 2. The SMILES string of the molecule is CN=C(NCCc1c[nH]c2ccc(F)cc12)NCc1cc(-c2ccccc2)on1.I. The average molecular weight is 519 g/mol. The zero-order chi connectivity index (χ0) is 20.1. The first-order valence-corrected chi connectivity index (χ1v) is 9.44. The van der Waals surface area contributed by atoms with Gasteiger partial charge in [-0.25, -0.2) is 4.39 Å². The lowest BCUT2D eigenvalue weighted by Gasteiger charge is -2.10. The van der Waals surface area contributed by atoms with Gasteiger partial charge in [-0.2, -0.15) is 0 Å². The maximum Gasteiger partial charge on any atom is 0.191 e. The molecule has 2 aromatic heterocycles. The van der Waals surface area contributed by atoms with Crippen molar-refractivity contribution in [2.75, 3.05) is 13.6 Å². The molecule has 0 saturated heterocycles. The molecule has 0 aliphatic carbocycles. The van der Waals surface area contributed by atoms with Gasteiger partial charge in [-0.3, -0.25) is 4.99 Å². The second kappa shape index (κ2) is 10.2. The lowest BCUT2D eigenvalue weighted by atomic mass is 10.1. The van der Waals surface area contributed by atoms with E-state index < -0.39 is 0 Å². The van der Waals surface area contributed by atoms with Crippen molar-refractivity contribution in [2.24, 2.45) is 4.99 Å². The number of nitrogens with one attached hydrogen (secondary N) is 3. The Morgan fingerprint density at radius 2 is 1.97 bits per heavy atom. The van der Waals surface area contributed by atoms with Crippen molar-refractivity contribution in [3.05, 3.63) is 77.9 Å². The molecule has 0 spiro atoms. The molecule has 0 radical (unpaired) electrons. The number of halogens is 2. The number of H-pyrrole nitrogens is 1. The highest BCUT2D eigenvalue weighted by molar-refractivity contribution is 14.0. The molecular formula is C22H23FIN5O. The smallest absolute Gasteiger partial charge is 0.191 e. The summed E-state index contributed by atoms with van der Waals surface area (Å²) in [5.74, 6) is 1.17. The zero-order valence-electron chi connectivity index (χ0n) is 16.5. The van der Waals surface area contributed by atoms with Gasteiger partial charge in [0.15, 0.2) is 11.7 Å². The van der Waals surface area contributed by atoms with Crippen molar-refractivity contribution >= 4 is 40.8 Å². The minimum atomic E-state index is -0.230. The van der Waals surface area contributed by atoms with E-state index in [1.807, 2.05) is 42.6 Å². The minimum Gasteiger partial charge on any atom is -0.361 e. The largest absolute Gasteiger partial charge is 0.361 e. The predicted octanol–water partition coefficient (Wildman–Crippen LogP) is 4.49. The molecule has 0 atom stereocenters. The molecule has 0 amide bonds. The Balaban J connectivity index is 0.00000256. The Labute approximate surface area is 191 Å². The highest BCUT2D eigenvalue weighted by Gasteiger charge is 2.08. The Kier molecular flexibility index (Phi) is 7.45. The number of guanidine groups is 1. The maximum atomic E-state index is 13.5. The van der Waals surface area contributed by atoms with Crippen molar-refractivity contribution in [1.82, 2.24) is 20.8 Å². The Hall–Kier alpha value is -2.88. The molecule has 0 aliphatic rings. The molecule has 6 nitrogen and oxygen atoms in total. The van der Waals surface area contributed by atoms with Gasteiger partial charge in [0.05, 0.1) is 6.54 Å². The van der Waals surface area contributed by atoms with Crippen LogP contribution in [-0.2, 0) is 13.0 Å². The molecule has 0 aliphatic heterocycles. The molecule has 4 rings (SSSR count). The highest BCUT2D eigenvalue weighted by atomic mass is 127. The van der Waals surface area contributed by atoms with Gasteiger partial charge in [-0.1, -0.05) is 35.5 Å². The number of aliphatic imine (C=N–C) groups is 1. The number of fused-ring (bicyclic) bond motifs is 1. The number of nitrogens with zero attached hydrogens (tertiary/aromatic N) is 2. The van der Waals surface area contributed by atoms with E-state index in [4.69, 9.17) is 4.52 Å². The van der Waals surface area contributed by atoms with Gasteiger partial charge < -0.3 is 20.1 Å². The van der Waals surface area contributed by atoms with Crippen molar-refractivity contribution in [3.63, 3.8) is 0 Å². The van der Waals surface area contributed by atoms with Crippen LogP contribution in [0.5, 0.6) is 0 Å². The molecule has 30 heavy (non-hydrogen) atoms. The molecule has 0 fully saturated rings. The summed E-state index contributed by atoms with van der Waals surface area (Å²) in [5, 5.41) is 11.5. The molecular weight excluding hydrogens is 496 g/mol. The second-order valence-electron chi connectivity index (χ2n) is 6.65. The Morgan fingerprint density at radius 1 is 1.13 bits per heavy atom. The lowest BCUT2D eigenvalue weighted by molar-refractivity contribution is 0.422. The van der Waals surface area contributed by atoms with Crippen LogP contribution in [0, 0.1) is 5.82 Å². The van der Waals surface area contributed by atoms with Crippen LogP contribution in [0.25, 0.3) is 22.2 Å². The third-order valence-corrected chi connectivity index (χ3v) is 4.69. The molecule has 4 aromatic rings.